The van der Waals surface area contributed by atoms with Gasteiger partial charge in [0, 0.05) is 32.2 Å². The first-order chi connectivity index (χ1) is 7.68. The van der Waals surface area contributed by atoms with Crippen LogP contribution in [0.3, 0.4) is 0 Å². The van der Waals surface area contributed by atoms with Crippen LogP contribution in [-0.2, 0) is 4.79 Å². The van der Waals surface area contributed by atoms with Gasteiger partial charge in [0.05, 0.1) is 0 Å². The smallest absolute Gasteiger partial charge is 0.236 e. The van der Waals surface area contributed by atoms with Crippen molar-refractivity contribution in [3.05, 3.63) is 0 Å². The fourth-order valence-corrected chi connectivity index (χ4v) is 2.83. The van der Waals surface area contributed by atoms with Crippen molar-refractivity contribution < 1.29 is 4.79 Å². The summed E-state index contributed by atoms with van der Waals surface area (Å²) < 4.78 is 0. The van der Waals surface area contributed by atoms with Crippen molar-refractivity contribution in [2.45, 2.75) is 24.9 Å². The Kier molecular flexibility index (Phi) is 3.78. The van der Waals surface area contributed by atoms with Gasteiger partial charge < -0.3 is 16.0 Å². The Morgan fingerprint density at radius 1 is 1.44 bits per heavy atom. The number of likely N-dealkylation sites (N-methyl/N-ethyl adjacent to an activating group) is 1. The summed E-state index contributed by atoms with van der Waals surface area (Å²) in [6.07, 6.45) is 2.41. The predicted molar refractivity (Wildman–Crippen MR) is 63.1 cm³/mol. The molecule has 2 unspecified atom stereocenters. The number of piperidine rings is 1. The molecular formula is C11H22N4O. The van der Waals surface area contributed by atoms with Crippen molar-refractivity contribution in [3.8, 4) is 0 Å². The fraction of sp³-hybridized carbons (Fsp3) is 0.909. The highest BCUT2D eigenvalue weighted by Crippen LogP contribution is 2.18. The summed E-state index contributed by atoms with van der Waals surface area (Å²) in [5.74, 6) is -0.194. The average molecular weight is 226 g/mol. The number of likely N-dealkylation sites (tertiary alicyclic amines) is 1. The molecule has 2 saturated heterocycles. The van der Waals surface area contributed by atoms with E-state index in [-0.39, 0.29) is 11.9 Å². The molecule has 1 amide bonds. The van der Waals surface area contributed by atoms with E-state index in [1.54, 1.807) is 0 Å². The number of carbonyl (C=O) groups excluding carboxylic acids is 1. The van der Waals surface area contributed by atoms with Crippen LogP contribution in [0.1, 0.15) is 12.8 Å². The van der Waals surface area contributed by atoms with Crippen LogP contribution in [0.15, 0.2) is 0 Å². The maximum Gasteiger partial charge on any atom is 0.236 e. The normalized spacial score (nSPS) is 33.8. The van der Waals surface area contributed by atoms with Crippen molar-refractivity contribution >= 4 is 5.91 Å². The van der Waals surface area contributed by atoms with Crippen LogP contribution in [-0.4, -0.2) is 67.6 Å². The number of rotatable bonds is 2. The highest BCUT2D eigenvalue weighted by Gasteiger charge is 2.33. The quantitative estimate of drug-likeness (QED) is 0.623. The van der Waals surface area contributed by atoms with Gasteiger partial charge in [0.2, 0.25) is 5.91 Å². The molecule has 92 valence electrons. The summed E-state index contributed by atoms with van der Waals surface area (Å²) in [5, 5.41) is 3.24. The van der Waals surface area contributed by atoms with Crippen molar-refractivity contribution in [2.24, 2.45) is 5.73 Å². The number of hydrogen-bond donors (Lipinski definition) is 2. The molecule has 0 aromatic rings. The first-order valence-electron chi connectivity index (χ1n) is 6.13. The number of hydrogen-bond acceptors (Lipinski definition) is 4. The van der Waals surface area contributed by atoms with Crippen molar-refractivity contribution in [3.63, 3.8) is 0 Å². The molecule has 16 heavy (non-hydrogen) atoms. The Hall–Kier alpha value is -0.650. The van der Waals surface area contributed by atoms with E-state index in [9.17, 15) is 4.79 Å². The van der Waals surface area contributed by atoms with E-state index in [1.165, 1.54) is 19.4 Å². The van der Waals surface area contributed by atoms with E-state index >= 15 is 0 Å². The van der Waals surface area contributed by atoms with Gasteiger partial charge in [0.1, 0.15) is 6.04 Å². The number of primary amides is 1. The second-order valence-corrected chi connectivity index (χ2v) is 4.92. The third kappa shape index (κ3) is 2.53. The van der Waals surface area contributed by atoms with Gasteiger partial charge in [0.25, 0.3) is 0 Å². The minimum absolute atomic E-state index is 0.120. The summed E-state index contributed by atoms with van der Waals surface area (Å²) in [6.45, 7) is 4.83. The van der Waals surface area contributed by atoms with Crippen LogP contribution in [0.4, 0.5) is 0 Å². The van der Waals surface area contributed by atoms with Gasteiger partial charge in [-0.25, -0.2) is 0 Å². The van der Waals surface area contributed by atoms with Crippen LogP contribution in [0.5, 0.6) is 0 Å². The van der Waals surface area contributed by atoms with Gasteiger partial charge >= 0.3 is 0 Å². The fourth-order valence-electron chi connectivity index (χ4n) is 2.83. The first-order valence-corrected chi connectivity index (χ1v) is 6.13. The molecule has 3 N–H and O–H groups in total. The average Bonchev–Trinajstić information content (AvgIpc) is 2.29. The molecule has 0 aliphatic carbocycles. The molecule has 2 atom stereocenters. The SMILES string of the molecule is CN1CCCC(N2CCNCC2C(N)=O)C1. The van der Waals surface area contributed by atoms with E-state index in [0.29, 0.717) is 12.6 Å². The molecular weight excluding hydrogens is 204 g/mol. The van der Waals surface area contributed by atoms with Crippen molar-refractivity contribution in [1.29, 1.82) is 0 Å². The highest BCUT2D eigenvalue weighted by molar-refractivity contribution is 5.80. The lowest BCUT2D eigenvalue weighted by Gasteiger charge is -2.43. The molecule has 0 spiro atoms. The Bertz CT molecular complexity index is 258. The lowest BCUT2D eigenvalue weighted by molar-refractivity contribution is -0.125. The van der Waals surface area contributed by atoms with Crippen LogP contribution in [0, 0.1) is 0 Å². The van der Waals surface area contributed by atoms with Crippen molar-refractivity contribution in [2.75, 3.05) is 39.8 Å². The van der Waals surface area contributed by atoms with Crippen LogP contribution in [0.25, 0.3) is 0 Å². The largest absolute Gasteiger partial charge is 0.368 e. The van der Waals surface area contributed by atoms with Gasteiger partial charge in [0.15, 0.2) is 0 Å². The molecule has 2 fully saturated rings. The molecule has 0 bridgehead atoms. The summed E-state index contributed by atoms with van der Waals surface area (Å²) in [5.41, 5.74) is 5.46. The Morgan fingerprint density at radius 3 is 2.94 bits per heavy atom. The van der Waals surface area contributed by atoms with E-state index < -0.39 is 0 Å². The van der Waals surface area contributed by atoms with E-state index in [0.717, 1.165) is 19.6 Å². The second-order valence-electron chi connectivity index (χ2n) is 4.92. The van der Waals surface area contributed by atoms with Gasteiger partial charge in [-0.3, -0.25) is 9.69 Å². The number of nitrogens with one attached hydrogen (secondary N) is 1. The second kappa shape index (κ2) is 5.12. The zero-order valence-electron chi connectivity index (χ0n) is 9.98. The Labute approximate surface area is 96.9 Å². The standard InChI is InChI=1S/C11H22N4O/c1-14-5-2-3-9(8-14)15-6-4-13-7-10(15)11(12)16/h9-10,13H,2-8H2,1H3,(H2,12,16). The monoisotopic (exact) mass is 226 g/mol. The molecule has 2 rings (SSSR count). The van der Waals surface area contributed by atoms with Crippen LogP contribution >= 0.6 is 0 Å². The molecule has 0 saturated carbocycles. The third-order valence-corrected chi connectivity index (χ3v) is 3.68. The molecule has 2 aliphatic rings. The molecule has 5 heteroatoms. The molecule has 0 aromatic heterocycles. The van der Waals surface area contributed by atoms with Gasteiger partial charge in [-0.15, -0.1) is 0 Å². The van der Waals surface area contributed by atoms with E-state index in [2.05, 4.69) is 22.2 Å². The maximum absolute atomic E-state index is 11.4. The summed E-state index contributed by atoms with van der Waals surface area (Å²) in [7, 11) is 2.15. The Balaban J connectivity index is 2.01. The summed E-state index contributed by atoms with van der Waals surface area (Å²) in [4.78, 5) is 16.1. The number of amides is 1. The van der Waals surface area contributed by atoms with E-state index in [1.807, 2.05) is 0 Å². The lowest BCUT2D eigenvalue weighted by atomic mass is 10.0. The van der Waals surface area contributed by atoms with Gasteiger partial charge in [-0.05, 0) is 26.4 Å². The summed E-state index contributed by atoms with van der Waals surface area (Å²) >= 11 is 0. The van der Waals surface area contributed by atoms with E-state index in [4.69, 9.17) is 5.73 Å². The minimum atomic E-state index is -0.194. The molecule has 0 radical (unpaired) electrons. The zero-order chi connectivity index (χ0) is 11.5. The number of nitrogens with zero attached hydrogens (tertiary/aromatic N) is 2. The molecule has 5 nitrogen and oxygen atoms in total. The third-order valence-electron chi connectivity index (χ3n) is 3.68. The number of carbonyl (C=O) groups is 1. The molecule has 2 aliphatic heterocycles. The van der Waals surface area contributed by atoms with Gasteiger partial charge in [-0.1, -0.05) is 0 Å². The topological polar surface area (TPSA) is 61.6 Å². The molecule has 0 aromatic carbocycles. The van der Waals surface area contributed by atoms with Crippen molar-refractivity contribution in [1.82, 2.24) is 15.1 Å². The van der Waals surface area contributed by atoms with Crippen LogP contribution in [0.2, 0.25) is 0 Å². The molecule has 2 heterocycles. The van der Waals surface area contributed by atoms with Gasteiger partial charge in [-0.2, -0.15) is 0 Å². The number of nitrogens with two attached hydrogens (primary N) is 1. The lowest BCUT2D eigenvalue weighted by Crippen LogP contribution is -2.62. The number of piperazine rings is 1. The highest BCUT2D eigenvalue weighted by atomic mass is 16.1. The summed E-state index contributed by atoms with van der Waals surface area (Å²) in [6, 6.07) is 0.378. The zero-order valence-corrected chi connectivity index (χ0v) is 9.98. The van der Waals surface area contributed by atoms with Crippen LogP contribution < -0.4 is 11.1 Å². The predicted octanol–water partition coefficient (Wildman–Crippen LogP) is -1.16. The minimum Gasteiger partial charge on any atom is -0.368 e. The Morgan fingerprint density at radius 2 is 2.25 bits per heavy atom. The first kappa shape index (κ1) is 11.8. The maximum atomic E-state index is 11.4.